The molecule has 2 atom stereocenters. The number of ketones is 1. The molecule has 0 N–H and O–H groups in total. The van der Waals surface area contributed by atoms with Crippen molar-refractivity contribution in [3.63, 3.8) is 0 Å². The molecule has 0 saturated heterocycles. The van der Waals surface area contributed by atoms with E-state index in [-0.39, 0.29) is 0 Å². The SMILES string of the molecule is CC1CCCC2CCC(=O)C=C12. The molecular weight excluding hydrogens is 148 g/mol. The van der Waals surface area contributed by atoms with Crippen molar-refractivity contribution >= 4 is 5.78 Å². The van der Waals surface area contributed by atoms with E-state index >= 15 is 0 Å². The van der Waals surface area contributed by atoms with Crippen molar-refractivity contribution in [3.8, 4) is 0 Å². The highest BCUT2D eigenvalue weighted by molar-refractivity contribution is 5.91. The van der Waals surface area contributed by atoms with Gasteiger partial charge in [-0.2, -0.15) is 0 Å². The van der Waals surface area contributed by atoms with Crippen LogP contribution in [0.1, 0.15) is 39.0 Å². The van der Waals surface area contributed by atoms with Gasteiger partial charge < -0.3 is 0 Å². The van der Waals surface area contributed by atoms with Crippen molar-refractivity contribution in [1.82, 2.24) is 0 Å². The number of carbonyl (C=O) groups is 1. The first-order valence-corrected chi connectivity index (χ1v) is 5.01. The highest BCUT2D eigenvalue weighted by atomic mass is 16.1. The number of allylic oxidation sites excluding steroid dienone is 2. The van der Waals surface area contributed by atoms with Gasteiger partial charge in [0.1, 0.15) is 0 Å². The van der Waals surface area contributed by atoms with Gasteiger partial charge in [0.2, 0.25) is 0 Å². The first-order valence-electron chi connectivity index (χ1n) is 5.01. The molecule has 0 spiro atoms. The van der Waals surface area contributed by atoms with Crippen molar-refractivity contribution in [2.24, 2.45) is 11.8 Å². The Morgan fingerprint density at radius 3 is 3.00 bits per heavy atom. The molecule has 2 aliphatic rings. The number of carbonyl (C=O) groups excluding carboxylic acids is 1. The fraction of sp³-hybridized carbons (Fsp3) is 0.727. The van der Waals surface area contributed by atoms with Crippen LogP contribution < -0.4 is 0 Å². The standard InChI is InChI=1S/C11H16O/c1-8-3-2-4-9-5-6-10(12)7-11(8)9/h7-9H,2-6H2,1H3. The largest absolute Gasteiger partial charge is 0.295 e. The number of hydrogen-bond donors (Lipinski definition) is 0. The topological polar surface area (TPSA) is 17.1 Å². The van der Waals surface area contributed by atoms with Gasteiger partial charge >= 0.3 is 0 Å². The van der Waals surface area contributed by atoms with Gasteiger partial charge in [0, 0.05) is 6.42 Å². The second kappa shape index (κ2) is 3.04. The smallest absolute Gasteiger partial charge is 0.155 e. The van der Waals surface area contributed by atoms with Crippen molar-refractivity contribution < 1.29 is 4.79 Å². The van der Waals surface area contributed by atoms with E-state index < -0.39 is 0 Å². The predicted molar refractivity (Wildman–Crippen MR) is 48.8 cm³/mol. The molecule has 1 nitrogen and oxygen atoms in total. The molecule has 2 unspecified atom stereocenters. The molecular formula is C11H16O. The fourth-order valence-electron chi connectivity index (χ4n) is 2.55. The minimum absolute atomic E-state index is 0.356. The predicted octanol–water partition coefficient (Wildman–Crippen LogP) is 2.71. The van der Waals surface area contributed by atoms with Gasteiger partial charge in [-0.3, -0.25) is 4.79 Å². The molecule has 1 fully saturated rings. The van der Waals surface area contributed by atoms with E-state index in [4.69, 9.17) is 0 Å². The number of hydrogen-bond acceptors (Lipinski definition) is 1. The molecule has 2 aliphatic carbocycles. The molecule has 0 aromatic heterocycles. The average molecular weight is 164 g/mol. The molecule has 0 amide bonds. The lowest BCUT2D eigenvalue weighted by Gasteiger charge is -2.32. The fourth-order valence-corrected chi connectivity index (χ4v) is 2.55. The molecule has 66 valence electrons. The van der Waals surface area contributed by atoms with E-state index in [1.165, 1.54) is 24.8 Å². The monoisotopic (exact) mass is 164 g/mol. The van der Waals surface area contributed by atoms with Crippen LogP contribution in [-0.4, -0.2) is 5.78 Å². The van der Waals surface area contributed by atoms with Gasteiger partial charge in [0.15, 0.2) is 5.78 Å². The van der Waals surface area contributed by atoms with Crippen LogP contribution >= 0.6 is 0 Å². The maximum atomic E-state index is 11.2. The summed E-state index contributed by atoms with van der Waals surface area (Å²) in [6.45, 7) is 2.26. The molecule has 0 aromatic rings. The maximum Gasteiger partial charge on any atom is 0.155 e. The molecule has 0 radical (unpaired) electrons. The minimum Gasteiger partial charge on any atom is -0.295 e. The van der Waals surface area contributed by atoms with E-state index in [0.29, 0.717) is 11.7 Å². The van der Waals surface area contributed by atoms with Crippen molar-refractivity contribution in [2.75, 3.05) is 0 Å². The Hall–Kier alpha value is -0.590. The van der Waals surface area contributed by atoms with E-state index in [1.54, 1.807) is 0 Å². The number of fused-ring (bicyclic) bond motifs is 1. The third kappa shape index (κ3) is 1.33. The van der Waals surface area contributed by atoms with E-state index in [1.807, 2.05) is 6.08 Å². The Morgan fingerprint density at radius 2 is 2.17 bits per heavy atom. The normalized spacial score (nSPS) is 35.8. The zero-order chi connectivity index (χ0) is 8.55. The first kappa shape index (κ1) is 8.03. The Kier molecular flexibility index (Phi) is 2.03. The highest BCUT2D eigenvalue weighted by Crippen LogP contribution is 2.38. The Bertz CT molecular complexity index is 227. The summed E-state index contributed by atoms with van der Waals surface area (Å²) in [6, 6.07) is 0. The van der Waals surface area contributed by atoms with Crippen LogP contribution in [-0.2, 0) is 4.79 Å². The molecule has 1 heteroatoms. The van der Waals surface area contributed by atoms with Crippen molar-refractivity contribution in [3.05, 3.63) is 11.6 Å². The zero-order valence-corrected chi connectivity index (χ0v) is 7.68. The Labute approximate surface area is 73.8 Å². The van der Waals surface area contributed by atoms with Crippen LogP contribution in [0.3, 0.4) is 0 Å². The molecule has 0 heterocycles. The lowest BCUT2D eigenvalue weighted by molar-refractivity contribution is -0.115. The quantitative estimate of drug-likeness (QED) is 0.538. The van der Waals surface area contributed by atoms with Crippen molar-refractivity contribution in [2.45, 2.75) is 39.0 Å². The summed E-state index contributed by atoms with van der Waals surface area (Å²) in [5, 5.41) is 0. The summed E-state index contributed by atoms with van der Waals surface area (Å²) >= 11 is 0. The van der Waals surface area contributed by atoms with Crippen LogP contribution in [0.15, 0.2) is 11.6 Å². The van der Waals surface area contributed by atoms with E-state index in [2.05, 4.69) is 6.92 Å². The van der Waals surface area contributed by atoms with Crippen LogP contribution in [0.25, 0.3) is 0 Å². The van der Waals surface area contributed by atoms with Crippen LogP contribution in [0, 0.1) is 11.8 Å². The summed E-state index contributed by atoms with van der Waals surface area (Å²) in [4.78, 5) is 11.2. The van der Waals surface area contributed by atoms with Crippen LogP contribution in [0.5, 0.6) is 0 Å². The van der Waals surface area contributed by atoms with Crippen LogP contribution in [0.2, 0.25) is 0 Å². The summed E-state index contributed by atoms with van der Waals surface area (Å²) in [5.74, 6) is 1.79. The Morgan fingerprint density at radius 1 is 1.33 bits per heavy atom. The summed E-state index contributed by atoms with van der Waals surface area (Å²) < 4.78 is 0. The summed E-state index contributed by atoms with van der Waals surface area (Å²) in [6.07, 6.45) is 7.81. The van der Waals surface area contributed by atoms with Gasteiger partial charge in [-0.1, -0.05) is 18.9 Å². The second-order valence-corrected chi connectivity index (χ2v) is 4.18. The maximum absolute atomic E-state index is 11.2. The van der Waals surface area contributed by atoms with Crippen molar-refractivity contribution in [1.29, 1.82) is 0 Å². The van der Waals surface area contributed by atoms with E-state index in [0.717, 1.165) is 18.8 Å². The molecule has 2 rings (SSSR count). The lowest BCUT2D eigenvalue weighted by atomic mass is 9.72. The summed E-state index contributed by atoms with van der Waals surface area (Å²) in [7, 11) is 0. The zero-order valence-electron chi connectivity index (χ0n) is 7.68. The molecule has 0 aliphatic heterocycles. The third-order valence-electron chi connectivity index (χ3n) is 3.30. The lowest BCUT2D eigenvalue weighted by Crippen LogP contribution is -2.22. The van der Waals surface area contributed by atoms with Gasteiger partial charge in [-0.15, -0.1) is 0 Å². The highest BCUT2D eigenvalue weighted by Gasteiger charge is 2.28. The molecule has 0 aromatic carbocycles. The molecule has 12 heavy (non-hydrogen) atoms. The molecule has 0 bridgehead atoms. The average Bonchev–Trinajstić information content (AvgIpc) is 2.07. The first-order chi connectivity index (χ1) is 5.77. The molecule has 1 saturated carbocycles. The van der Waals surface area contributed by atoms with Gasteiger partial charge in [-0.05, 0) is 37.2 Å². The second-order valence-electron chi connectivity index (χ2n) is 4.18. The van der Waals surface area contributed by atoms with Gasteiger partial charge in [0.25, 0.3) is 0 Å². The van der Waals surface area contributed by atoms with Gasteiger partial charge in [-0.25, -0.2) is 0 Å². The summed E-state index contributed by atoms with van der Waals surface area (Å²) in [5.41, 5.74) is 1.46. The minimum atomic E-state index is 0.356. The van der Waals surface area contributed by atoms with E-state index in [9.17, 15) is 4.79 Å². The third-order valence-corrected chi connectivity index (χ3v) is 3.30. The Balaban J connectivity index is 2.23. The van der Waals surface area contributed by atoms with Crippen LogP contribution in [0.4, 0.5) is 0 Å². The van der Waals surface area contributed by atoms with Gasteiger partial charge in [0.05, 0.1) is 0 Å². The number of rotatable bonds is 0.